The summed E-state index contributed by atoms with van der Waals surface area (Å²) in [5.41, 5.74) is 2.53. The Balaban J connectivity index is 1.81. The number of carbonyl (C=O) groups excluding carboxylic acids is 1. The molecule has 4 rings (SSSR count). The molecule has 1 aliphatic heterocycles. The third-order valence-electron chi connectivity index (χ3n) is 5.19. The van der Waals surface area contributed by atoms with Crippen LogP contribution in [0.15, 0.2) is 48.5 Å². The molecule has 0 bridgehead atoms. The minimum Gasteiger partial charge on any atom is -0.493 e. The SMILES string of the molecule is CCOc1c2c(c(OCC)c3ccccc13)C(=O)N(c1ccc(CS(N)(=O)=O)cc1)C2. The van der Waals surface area contributed by atoms with Crippen molar-refractivity contribution in [3.05, 3.63) is 65.2 Å². The number of benzene rings is 3. The number of nitrogens with two attached hydrogens (primary N) is 1. The molecule has 0 spiro atoms. The lowest BCUT2D eigenvalue weighted by Gasteiger charge is -2.16. The number of fused-ring (bicyclic) bond motifs is 2. The van der Waals surface area contributed by atoms with Gasteiger partial charge < -0.3 is 14.4 Å². The van der Waals surface area contributed by atoms with Gasteiger partial charge >= 0.3 is 0 Å². The molecular weight excluding hydrogens is 416 g/mol. The minimum absolute atomic E-state index is 0.177. The predicted molar refractivity (Wildman–Crippen MR) is 120 cm³/mol. The summed E-state index contributed by atoms with van der Waals surface area (Å²) in [5.74, 6) is 0.827. The zero-order valence-corrected chi connectivity index (χ0v) is 18.2. The van der Waals surface area contributed by atoms with Gasteiger partial charge in [-0.1, -0.05) is 36.4 Å². The Bertz CT molecular complexity index is 1250. The number of hydrogen-bond acceptors (Lipinski definition) is 5. The fraction of sp³-hybridized carbons (Fsp3) is 0.261. The largest absolute Gasteiger partial charge is 0.493 e. The lowest BCUT2D eigenvalue weighted by Crippen LogP contribution is -2.23. The van der Waals surface area contributed by atoms with E-state index in [0.29, 0.717) is 48.1 Å². The first kappa shape index (κ1) is 21.1. The average molecular weight is 441 g/mol. The Morgan fingerprint density at radius 3 is 2.10 bits per heavy atom. The van der Waals surface area contributed by atoms with Gasteiger partial charge in [-0.3, -0.25) is 4.79 Å². The van der Waals surface area contributed by atoms with Gasteiger partial charge in [0.05, 0.1) is 31.1 Å². The number of anilines is 1. The standard InChI is InChI=1S/C23H24N2O5S/c1-3-29-21-17-7-5-6-8-18(17)22(30-4-2)20-19(21)13-25(23(20)26)16-11-9-15(10-12-16)14-31(24,27)28/h5-12H,3-4,13-14H2,1-2H3,(H2,24,27,28). The quantitative estimate of drug-likeness (QED) is 0.605. The van der Waals surface area contributed by atoms with Gasteiger partial charge in [0.1, 0.15) is 11.5 Å². The first-order valence-corrected chi connectivity index (χ1v) is 11.8. The van der Waals surface area contributed by atoms with Crippen molar-refractivity contribution in [1.29, 1.82) is 0 Å². The van der Waals surface area contributed by atoms with Gasteiger partial charge in [-0.05, 0) is 31.5 Å². The van der Waals surface area contributed by atoms with Crippen molar-refractivity contribution in [2.45, 2.75) is 26.1 Å². The Morgan fingerprint density at radius 2 is 1.52 bits per heavy atom. The molecule has 0 saturated carbocycles. The zero-order chi connectivity index (χ0) is 22.2. The highest BCUT2D eigenvalue weighted by molar-refractivity contribution is 7.88. The van der Waals surface area contributed by atoms with E-state index in [1.54, 1.807) is 29.2 Å². The molecule has 0 aromatic heterocycles. The van der Waals surface area contributed by atoms with Crippen LogP contribution in [-0.4, -0.2) is 27.5 Å². The van der Waals surface area contributed by atoms with Crippen LogP contribution in [0.4, 0.5) is 5.69 Å². The van der Waals surface area contributed by atoms with Crippen molar-refractivity contribution in [1.82, 2.24) is 0 Å². The third-order valence-corrected chi connectivity index (χ3v) is 5.92. The molecular formula is C23H24N2O5S. The normalized spacial score (nSPS) is 13.5. The molecule has 162 valence electrons. The van der Waals surface area contributed by atoms with Gasteiger partial charge in [-0.2, -0.15) is 0 Å². The summed E-state index contributed by atoms with van der Waals surface area (Å²) in [6, 6.07) is 14.5. The topological polar surface area (TPSA) is 98.9 Å². The Morgan fingerprint density at radius 1 is 0.935 bits per heavy atom. The molecule has 0 aliphatic carbocycles. The predicted octanol–water partition coefficient (Wildman–Crippen LogP) is 3.59. The van der Waals surface area contributed by atoms with Crippen LogP contribution in [0.25, 0.3) is 10.8 Å². The van der Waals surface area contributed by atoms with Gasteiger partial charge in [0.15, 0.2) is 0 Å². The Hall–Kier alpha value is -3.10. The molecule has 3 aromatic rings. The van der Waals surface area contributed by atoms with Crippen LogP contribution in [-0.2, 0) is 22.3 Å². The first-order valence-electron chi connectivity index (χ1n) is 10.1. The van der Waals surface area contributed by atoms with Gasteiger partial charge in [0.25, 0.3) is 5.91 Å². The number of amides is 1. The van der Waals surface area contributed by atoms with E-state index in [-0.39, 0.29) is 11.7 Å². The molecule has 1 amide bonds. The lowest BCUT2D eigenvalue weighted by atomic mass is 9.99. The highest BCUT2D eigenvalue weighted by atomic mass is 32.2. The second kappa shape index (κ2) is 8.20. The molecule has 1 aliphatic rings. The smallest absolute Gasteiger partial charge is 0.262 e. The summed E-state index contributed by atoms with van der Waals surface area (Å²) in [6.07, 6.45) is 0. The van der Waals surface area contributed by atoms with Gasteiger partial charge in [-0.25, -0.2) is 13.6 Å². The summed E-state index contributed by atoms with van der Waals surface area (Å²) in [5, 5.41) is 6.87. The van der Waals surface area contributed by atoms with Crippen molar-refractivity contribution in [2.24, 2.45) is 5.14 Å². The summed E-state index contributed by atoms with van der Waals surface area (Å²) in [6.45, 7) is 5.04. The number of carbonyl (C=O) groups is 1. The lowest BCUT2D eigenvalue weighted by molar-refractivity contribution is 0.0993. The third kappa shape index (κ3) is 3.96. The van der Waals surface area contributed by atoms with Crippen LogP contribution >= 0.6 is 0 Å². The second-order valence-corrected chi connectivity index (χ2v) is 8.90. The van der Waals surface area contributed by atoms with Crippen LogP contribution in [0.3, 0.4) is 0 Å². The van der Waals surface area contributed by atoms with Crippen molar-refractivity contribution >= 4 is 32.4 Å². The van der Waals surface area contributed by atoms with E-state index in [2.05, 4.69) is 0 Å². The van der Waals surface area contributed by atoms with E-state index < -0.39 is 10.0 Å². The monoisotopic (exact) mass is 440 g/mol. The maximum atomic E-state index is 13.5. The van der Waals surface area contributed by atoms with Crippen LogP contribution in [0.2, 0.25) is 0 Å². The van der Waals surface area contributed by atoms with E-state index >= 15 is 0 Å². The van der Waals surface area contributed by atoms with Crippen LogP contribution in [0, 0.1) is 0 Å². The molecule has 0 radical (unpaired) electrons. The zero-order valence-electron chi connectivity index (χ0n) is 17.4. The first-order chi connectivity index (χ1) is 14.8. The molecule has 8 heteroatoms. The molecule has 1 heterocycles. The van der Waals surface area contributed by atoms with Crippen molar-refractivity contribution in [3.8, 4) is 11.5 Å². The molecule has 7 nitrogen and oxygen atoms in total. The van der Waals surface area contributed by atoms with Crippen molar-refractivity contribution < 1.29 is 22.7 Å². The van der Waals surface area contributed by atoms with Crippen molar-refractivity contribution in [3.63, 3.8) is 0 Å². The molecule has 0 saturated heterocycles. The van der Waals surface area contributed by atoms with Gasteiger partial charge in [0, 0.05) is 22.0 Å². The highest BCUT2D eigenvalue weighted by Gasteiger charge is 2.36. The summed E-state index contributed by atoms with van der Waals surface area (Å²) >= 11 is 0. The maximum Gasteiger partial charge on any atom is 0.262 e. The Labute approximate surface area is 181 Å². The fourth-order valence-corrected chi connectivity index (χ4v) is 4.64. The minimum atomic E-state index is -3.62. The van der Waals surface area contributed by atoms with Gasteiger partial charge in [-0.15, -0.1) is 0 Å². The molecule has 0 atom stereocenters. The molecule has 31 heavy (non-hydrogen) atoms. The van der Waals surface area contributed by atoms with E-state index in [1.807, 2.05) is 38.1 Å². The van der Waals surface area contributed by atoms with Crippen molar-refractivity contribution in [2.75, 3.05) is 18.1 Å². The van der Waals surface area contributed by atoms with Crippen LogP contribution < -0.4 is 19.5 Å². The molecule has 0 fully saturated rings. The number of hydrogen-bond donors (Lipinski definition) is 1. The Kier molecular flexibility index (Phi) is 5.60. The number of ether oxygens (including phenoxy) is 2. The molecule has 3 aromatic carbocycles. The van der Waals surface area contributed by atoms with Crippen LogP contribution in [0.1, 0.15) is 35.3 Å². The van der Waals surface area contributed by atoms with E-state index in [9.17, 15) is 13.2 Å². The van der Waals surface area contributed by atoms with Crippen LogP contribution in [0.5, 0.6) is 11.5 Å². The number of nitrogens with zero attached hydrogens (tertiary/aromatic N) is 1. The molecule has 0 unspecified atom stereocenters. The molecule has 2 N–H and O–H groups in total. The maximum absolute atomic E-state index is 13.5. The average Bonchev–Trinajstić information content (AvgIpc) is 3.07. The number of primary sulfonamides is 1. The summed E-state index contributed by atoms with van der Waals surface area (Å²) in [7, 11) is -3.62. The van der Waals surface area contributed by atoms with Gasteiger partial charge in [0.2, 0.25) is 10.0 Å². The summed E-state index contributed by atoms with van der Waals surface area (Å²) in [4.78, 5) is 15.1. The second-order valence-electron chi connectivity index (χ2n) is 7.29. The highest BCUT2D eigenvalue weighted by Crippen LogP contribution is 2.46. The van der Waals surface area contributed by atoms with E-state index in [0.717, 1.165) is 16.3 Å². The summed E-state index contributed by atoms with van der Waals surface area (Å²) < 4.78 is 34.6. The van der Waals surface area contributed by atoms with E-state index in [4.69, 9.17) is 14.6 Å². The number of rotatable bonds is 7. The van der Waals surface area contributed by atoms with E-state index in [1.165, 1.54) is 0 Å². The number of sulfonamides is 1. The fourth-order valence-electron chi connectivity index (χ4n) is 3.99.